The van der Waals surface area contributed by atoms with Gasteiger partial charge in [-0.15, -0.1) is 0 Å². The molecule has 4 aliphatic rings. The molecule has 142 valence electrons. The Morgan fingerprint density at radius 3 is 2.37 bits per heavy atom. The van der Waals surface area contributed by atoms with E-state index >= 15 is 0 Å². The number of anilines is 1. The summed E-state index contributed by atoms with van der Waals surface area (Å²) in [5.74, 6) is 2.20. The molecule has 1 atom stereocenters. The predicted octanol–water partition coefficient (Wildman–Crippen LogP) is 4.88. The van der Waals surface area contributed by atoms with E-state index in [-0.39, 0.29) is 11.6 Å². The minimum Gasteiger partial charge on any atom is -0.387 e. The molecule has 0 heterocycles. The Morgan fingerprint density at radius 2 is 1.81 bits per heavy atom. The SMILES string of the molecule is CC(N/C=C(/C#N)C(=O)Nc1ccccc1Cl)C12CC3CC(CC(C3)C1)C2. The topological polar surface area (TPSA) is 64.9 Å². The summed E-state index contributed by atoms with van der Waals surface area (Å²) in [6, 6.07) is 9.31. The second-order valence-electron chi connectivity index (χ2n) is 8.77. The quantitative estimate of drug-likeness (QED) is 0.562. The number of rotatable bonds is 5. The number of carbonyl (C=O) groups is 1. The summed E-state index contributed by atoms with van der Waals surface area (Å²) in [6.45, 7) is 2.21. The third kappa shape index (κ3) is 3.58. The van der Waals surface area contributed by atoms with E-state index in [0.29, 0.717) is 16.1 Å². The third-order valence-corrected chi connectivity index (χ3v) is 7.30. The molecule has 0 aliphatic heterocycles. The van der Waals surface area contributed by atoms with Crippen molar-refractivity contribution in [2.45, 2.75) is 51.5 Å². The minimum atomic E-state index is -0.434. The Hall–Kier alpha value is -1.99. The van der Waals surface area contributed by atoms with Gasteiger partial charge in [0.1, 0.15) is 11.6 Å². The number of nitrogens with one attached hydrogen (secondary N) is 2. The van der Waals surface area contributed by atoms with Crippen LogP contribution >= 0.6 is 11.6 Å². The van der Waals surface area contributed by atoms with Gasteiger partial charge in [0.25, 0.3) is 5.91 Å². The molecule has 1 unspecified atom stereocenters. The maximum atomic E-state index is 12.5. The lowest BCUT2D eigenvalue weighted by atomic mass is 9.48. The van der Waals surface area contributed by atoms with Gasteiger partial charge in [0.15, 0.2) is 0 Å². The van der Waals surface area contributed by atoms with E-state index in [4.69, 9.17) is 11.6 Å². The number of hydrogen-bond acceptors (Lipinski definition) is 3. The molecular weight excluding hydrogens is 358 g/mol. The van der Waals surface area contributed by atoms with Crippen LogP contribution in [0.1, 0.15) is 45.4 Å². The smallest absolute Gasteiger partial charge is 0.267 e. The van der Waals surface area contributed by atoms with Crippen LogP contribution < -0.4 is 10.6 Å². The number of amides is 1. The zero-order valence-corrected chi connectivity index (χ0v) is 16.4. The van der Waals surface area contributed by atoms with Crippen molar-refractivity contribution in [3.8, 4) is 6.07 Å². The highest BCUT2D eigenvalue weighted by atomic mass is 35.5. The molecular formula is C22H26ClN3O. The molecule has 4 fully saturated rings. The first-order chi connectivity index (χ1) is 13.0. The van der Waals surface area contributed by atoms with Crippen LogP contribution in [-0.4, -0.2) is 11.9 Å². The van der Waals surface area contributed by atoms with E-state index in [9.17, 15) is 10.1 Å². The lowest BCUT2D eigenvalue weighted by Crippen LogP contribution is -2.54. The van der Waals surface area contributed by atoms with Crippen molar-refractivity contribution >= 4 is 23.2 Å². The van der Waals surface area contributed by atoms with Crippen LogP contribution in [0, 0.1) is 34.5 Å². The summed E-state index contributed by atoms with van der Waals surface area (Å²) in [7, 11) is 0. The molecule has 0 saturated heterocycles. The molecule has 2 N–H and O–H groups in total. The van der Waals surface area contributed by atoms with Crippen molar-refractivity contribution < 1.29 is 4.79 Å². The molecule has 4 aliphatic carbocycles. The molecule has 4 saturated carbocycles. The maximum Gasteiger partial charge on any atom is 0.267 e. The molecule has 27 heavy (non-hydrogen) atoms. The standard InChI is InChI=1S/C22H26ClN3O/c1-14(22-9-15-6-16(10-22)8-17(7-15)11-22)25-13-18(12-24)21(27)26-20-5-3-2-4-19(20)23/h2-5,13-17,25H,6-11H2,1H3,(H,26,27)/b18-13-. The summed E-state index contributed by atoms with van der Waals surface area (Å²) >= 11 is 6.09. The van der Waals surface area contributed by atoms with Crippen LogP contribution in [0.5, 0.6) is 0 Å². The van der Waals surface area contributed by atoms with Crippen LogP contribution in [-0.2, 0) is 4.79 Å². The second-order valence-corrected chi connectivity index (χ2v) is 9.18. The van der Waals surface area contributed by atoms with E-state index in [0.717, 1.165) is 17.8 Å². The number of para-hydroxylation sites is 1. The Morgan fingerprint density at radius 1 is 1.22 bits per heavy atom. The average molecular weight is 384 g/mol. The Labute approximate surface area is 166 Å². The number of halogens is 1. The van der Waals surface area contributed by atoms with Crippen molar-refractivity contribution in [2.75, 3.05) is 5.32 Å². The summed E-state index contributed by atoms with van der Waals surface area (Å²) in [5.41, 5.74) is 0.913. The molecule has 5 rings (SSSR count). The van der Waals surface area contributed by atoms with Gasteiger partial charge in [-0.05, 0) is 80.8 Å². The highest BCUT2D eigenvalue weighted by molar-refractivity contribution is 6.33. The van der Waals surface area contributed by atoms with Crippen molar-refractivity contribution in [3.63, 3.8) is 0 Å². The van der Waals surface area contributed by atoms with E-state index in [1.807, 2.05) is 6.07 Å². The highest BCUT2D eigenvalue weighted by Gasteiger charge is 2.52. The van der Waals surface area contributed by atoms with Crippen molar-refractivity contribution in [2.24, 2.45) is 23.2 Å². The van der Waals surface area contributed by atoms with Gasteiger partial charge in [0.05, 0.1) is 10.7 Å². The number of hydrogen-bond donors (Lipinski definition) is 2. The number of benzene rings is 1. The first-order valence-electron chi connectivity index (χ1n) is 9.91. The van der Waals surface area contributed by atoms with Gasteiger partial charge in [-0.25, -0.2) is 0 Å². The number of carbonyl (C=O) groups excluding carboxylic acids is 1. The first kappa shape index (κ1) is 18.4. The van der Waals surface area contributed by atoms with Gasteiger partial charge in [-0.1, -0.05) is 23.7 Å². The van der Waals surface area contributed by atoms with Gasteiger partial charge in [0.2, 0.25) is 0 Å². The van der Waals surface area contributed by atoms with Gasteiger partial charge < -0.3 is 10.6 Å². The lowest BCUT2D eigenvalue weighted by molar-refractivity contribution is -0.112. The fourth-order valence-corrected chi connectivity index (χ4v) is 6.18. The van der Waals surface area contributed by atoms with Gasteiger partial charge in [0, 0.05) is 12.2 Å². The van der Waals surface area contributed by atoms with Crippen LogP contribution in [0.25, 0.3) is 0 Å². The van der Waals surface area contributed by atoms with E-state index in [1.54, 1.807) is 30.5 Å². The monoisotopic (exact) mass is 383 g/mol. The lowest BCUT2D eigenvalue weighted by Gasteiger charge is -2.59. The molecule has 1 aromatic carbocycles. The molecule has 4 bridgehead atoms. The molecule has 5 heteroatoms. The summed E-state index contributed by atoms with van der Waals surface area (Å²) in [6.07, 6.45) is 9.68. The normalized spacial score (nSPS) is 32.6. The van der Waals surface area contributed by atoms with E-state index in [2.05, 4.69) is 17.6 Å². The van der Waals surface area contributed by atoms with E-state index in [1.165, 1.54) is 38.5 Å². The Balaban J connectivity index is 1.44. The zero-order chi connectivity index (χ0) is 19.0. The summed E-state index contributed by atoms with van der Waals surface area (Å²) in [4.78, 5) is 12.5. The van der Waals surface area contributed by atoms with Crippen LogP contribution in [0.2, 0.25) is 5.02 Å². The van der Waals surface area contributed by atoms with Gasteiger partial charge >= 0.3 is 0 Å². The summed E-state index contributed by atoms with van der Waals surface area (Å²) in [5, 5.41) is 16.0. The maximum absolute atomic E-state index is 12.5. The van der Waals surface area contributed by atoms with Gasteiger partial charge in [-0.3, -0.25) is 4.79 Å². The summed E-state index contributed by atoms with van der Waals surface area (Å²) < 4.78 is 0. The Bertz CT molecular complexity index is 775. The van der Waals surface area contributed by atoms with Gasteiger partial charge in [-0.2, -0.15) is 5.26 Å². The van der Waals surface area contributed by atoms with Crippen LogP contribution in [0.3, 0.4) is 0 Å². The number of nitriles is 1. The van der Waals surface area contributed by atoms with Crippen LogP contribution in [0.15, 0.2) is 36.0 Å². The van der Waals surface area contributed by atoms with E-state index < -0.39 is 5.91 Å². The second kappa shape index (κ2) is 7.20. The molecule has 0 spiro atoms. The number of nitrogens with zero attached hydrogens (tertiary/aromatic N) is 1. The average Bonchev–Trinajstić information content (AvgIpc) is 2.63. The van der Waals surface area contributed by atoms with Crippen LogP contribution in [0.4, 0.5) is 5.69 Å². The minimum absolute atomic E-state index is 0.0755. The largest absolute Gasteiger partial charge is 0.387 e. The molecule has 4 nitrogen and oxygen atoms in total. The first-order valence-corrected chi connectivity index (χ1v) is 10.3. The molecule has 1 aromatic rings. The Kier molecular flexibility index (Phi) is 4.90. The van der Waals surface area contributed by atoms with Crippen molar-refractivity contribution in [3.05, 3.63) is 41.1 Å². The zero-order valence-electron chi connectivity index (χ0n) is 15.7. The molecule has 0 radical (unpaired) electrons. The van der Waals surface area contributed by atoms with Crippen molar-refractivity contribution in [1.82, 2.24) is 5.32 Å². The fraction of sp³-hybridized carbons (Fsp3) is 0.545. The predicted molar refractivity (Wildman–Crippen MR) is 107 cm³/mol. The highest BCUT2D eigenvalue weighted by Crippen LogP contribution is 2.61. The third-order valence-electron chi connectivity index (χ3n) is 6.97. The van der Waals surface area contributed by atoms with Crippen molar-refractivity contribution in [1.29, 1.82) is 5.26 Å². The molecule has 1 amide bonds. The molecule has 0 aromatic heterocycles. The fourth-order valence-electron chi connectivity index (χ4n) is 5.99.